The molecule has 0 bridgehead atoms. The molecular weight excluding hydrogens is 174 g/mol. The zero-order valence-electron chi connectivity index (χ0n) is 7.44. The Bertz CT molecular complexity index is 257. The fourth-order valence-electron chi connectivity index (χ4n) is 1.58. The van der Waals surface area contributed by atoms with E-state index in [9.17, 15) is 9.59 Å². The van der Waals surface area contributed by atoms with Gasteiger partial charge in [-0.15, -0.1) is 0 Å². The minimum atomic E-state index is -0.822. The summed E-state index contributed by atoms with van der Waals surface area (Å²) in [6, 6.07) is 0. The predicted octanol–water partition coefficient (Wildman–Crippen LogP) is -0.591. The van der Waals surface area contributed by atoms with Crippen LogP contribution in [0.25, 0.3) is 0 Å². The van der Waals surface area contributed by atoms with Crippen molar-refractivity contribution >= 4 is 11.7 Å². The van der Waals surface area contributed by atoms with Gasteiger partial charge >= 0.3 is 0 Å². The summed E-state index contributed by atoms with van der Waals surface area (Å²) in [6.07, 6.45) is -1.41. The molecule has 0 aromatic rings. The number of rotatable bonds is 1. The first kappa shape index (κ1) is 8.65. The summed E-state index contributed by atoms with van der Waals surface area (Å²) < 4.78 is 10.4. The van der Waals surface area contributed by atoms with E-state index in [-0.39, 0.29) is 29.9 Å². The summed E-state index contributed by atoms with van der Waals surface area (Å²) in [6.45, 7) is 3.17. The topological polar surface area (TPSA) is 64.6 Å². The molecule has 2 heterocycles. The highest BCUT2D eigenvalue weighted by molar-refractivity contribution is 5.86. The lowest BCUT2D eigenvalue weighted by Crippen LogP contribution is -2.68. The Morgan fingerprint density at radius 1 is 1.46 bits per heavy atom. The van der Waals surface area contributed by atoms with E-state index in [1.165, 1.54) is 6.92 Å². The third kappa shape index (κ3) is 1.24. The molecule has 13 heavy (non-hydrogen) atoms. The van der Waals surface area contributed by atoms with Crippen LogP contribution in [0.3, 0.4) is 0 Å². The van der Waals surface area contributed by atoms with Crippen LogP contribution in [0.2, 0.25) is 0 Å². The van der Waals surface area contributed by atoms with E-state index in [0.717, 1.165) is 0 Å². The van der Waals surface area contributed by atoms with Crippen LogP contribution < -0.4 is 5.32 Å². The lowest BCUT2D eigenvalue weighted by atomic mass is 9.92. The Morgan fingerprint density at radius 2 is 2.15 bits per heavy atom. The van der Waals surface area contributed by atoms with Crippen molar-refractivity contribution in [2.75, 3.05) is 0 Å². The normalized spacial score (nSPS) is 43.1. The van der Waals surface area contributed by atoms with Crippen molar-refractivity contribution in [3.63, 3.8) is 0 Å². The molecule has 0 spiro atoms. The molecule has 0 aliphatic carbocycles. The van der Waals surface area contributed by atoms with Crippen molar-refractivity contribution in [1.82, 2.24) is 5.32 Å². The minimum Gasteiger partial charge on any atom is -0.342 e. The molecule has 0 radical (unpaired) electrons. The van der Waals surface area contributed by atoms with E-state index in [1.54, 1.807) is 6.92 Å². The average Bonchev–Trinajstić information content (AvgIpc) is 2.00. The number of nitrogens with one attached hydrogen (secondary N) is 1. The monoisotopic (exact) mass is 185 g/mol. The first-order chi connectivity index (χ1) is 6.09. The molecule has 1 N–H and O–H groups in total. The van der Waals surface area contributed by atoms with Crippen LogP contribution in [0.4, 0.5) is 0 Å². The number of fused-ring (bicyclic) bond motifs is 1. The highest BCUT2D eigenvalue weighted by atomic mass is 16.7. The number of ether oxygens (including phenoxy) is 2. The molecular formula is C8H11NO4. The summed E-state index contributed by atoms with van der Waals surface area (Å²) in [5.74, 6) is -0.499. The van der Waals surface area contributed by atoms with Gasteiger partial charge in [0.15, 0.2) is 5.78 Å². The lowest BCUT2D eigenvalue weighted by molar-refractivity contribution is -0.273. The van der Waals surface area contributed by atoms with Crippen molar-refractivity contribution in [2.24, 2.45) is 5.92 Å². The molecule has 72 valence electrons. The summed E-state index contributed by atoms with van der Waals surface area (Å²) in [4.78, 5) is 21.9. The van der Waals surface area contributed by atoms with Crippen LogP contribution in [0, 0.1) is 5.92 Å². The molecule has 4 atom stereocenters. The summed E-state index contributed by atoms with van der Waals surface area (Å²) in [7, 11) is 0. The Balaban J connectivity index is 2.06. The van der Waals surface area contributed by atoms with E-state index in [4.69, 9.17) is 9.47 Å². The highest BCUT2D eigenvalue weighted by Crippen LogP contribution is 2.29. The number of amides is 1. The molecule has 0 aromatic carbocycles. The molecule has 2 aliphatic heterocycles. The molecule has 5 heteroatoms. The van der Waals surface area contributed by atoms with Gasteiger partial charge in [-0.3, -0.25) is 9.59 Å². The van der Waals surface area contributed by atoms with Crippen LogP contribution in [0.5, 0.6) is 0 Å². The second-order valence-corrected chi connectivity index (χ2v) is 3.37. The van der Waals surface area contributed by atoms with E-state index in [1.807, 2.05) is 0 Å². The zero-order valence-corrected chi connectivity index (χ0v) is 7.44. The fraction of sp³-hybridized carbons (Fsp3) is 0.750. The smallest absolute Gasteiger partial charge is 0.232 e. The second kappa shape index (κ2) is 2.78. The van der Waals surface area contributed by atoms with Crippen LogP contribution in [-0.2, 0) is 19.1 Å². The Labute approximate surface area is 75.4 Å². The average molecular weight is 185 g/mol. The van der Waals surface area contributed by atoms with Crippen LogP contribution in [-0.4, -0.2) is 30.3 Å². The van der Waals surface area contributed by atoms with E-state index in [0.29, 0.717) is 0 Å². The first-order valence-electron chi connectivity index (χ1n) is 4.21. The molecule has 2 fully saturated rings. The molecule has 0 aromatic heterocycles. The van der Waals surface area contributed by atoms with Crippen molar-refractivity contribution < 1.29 is 19.1 Å². The lowest BCUT2D eigenvalue weighted by Gasteiger charge is -2.45. The SMILES string of the molecule is CC(=O)C1OC(C)C2C(=O)NC2O1. The van der Waals surface area contributed by atoms with Crippen molar-refractivity contribution in [3.8, 4) is 0 Å². The molecule has 2 rings (SSSR count). The number of hydrogen-bond donors (Lipinski definition) is 1. The number of Topliss-reactive ketones (excluding diaryl/α,β-unsaturated/α-hetero) is 1. The van der Waals surface area contributed by atoms with Gasteiger partial charge in [-0.05, 0) is 13.8 Å². The quantitative estimate of drug-likeness (QED) is 0.554. The zero-order chi connectivity index (χ0) is 9.59. The first-order valence-corrected chi connectivity index (χ1v) is 4.21. The molecule has 0 saturated carbocycles. The summed E-state index contributed by atoms with van der Waals surface area (Å²) in [5, 5.41) is 2.57. The number of carbonyl (C=O) groups excluding carboxylic acids is 2. The maximum absolute atomic E-state index is 11.0. The number of hydrogen-bond acceptors (Lipinski definition) is 4. The van der Waals surface area contributed by atoms with Gasteiger partial charge in [0.2, 0.25) is 12.2 Å². The van der Waals surface area contributed by atoms with Gasteiger partial charge in [-0.25, -0.2) is 0 Å². The predicted molar refractivity (Wildman–Crippen MR) is 41.5 cm³/mol. The van der Waals surface area contributed by atoms with Gasteiger partial charge in [0.1, 0.15) is 12.1 Å². The summed E-state index contributed by atoms with van der Waals surface area (Å²) in [5.41, 5.74) is 0. The van der Waals surface area contributed by atoms with E-state index >= 15 is 0 Å². The highest BCUT2D eigenvalue weighted by Gasteiger charge is 2.50. The number of β-lactam (4-membered cyclic amide) rings is 1. The molecule has 2 saturated heterocycles. The number of ketones is 1. The van der Waals surface area contributed by atoms with Gasteiger partial charge < -0.3 is 14.8 Å². The maximum Gasteiger partial charge on any atom is 0.232 e. The van der Waals surface area contributed by atoms with Crippen LogP contribution in [0.1, 0.15) is 13.8 Å². The molecule has 1 amide bonds. The third-order valence-electron chi connectivity index (χ3n) is 2.36. The Hall–Kier alpha value is -0.940. The van der Waals surface area contributed by atoms with Crippen LogP contribution in [0.15, 0.2) is 0 Å². The standard InChI is InChI=1S/C8H11NO4/c1-3(10)8-12-4(2)5-6(11)9-7(5)13-8/h4-5,7-8H,1-2H3,(H,9,11). The van der Waals surface area contributed by atoms with Gasteiger partial charge in [0, 0.05) is 0 Å². The van der Waals surface area contributed by atoms with E-state index < -0.39 is 6.29 Å². The number of carbonyl (C=O) groups is 2. The molecule has 2 aliphatic rings. The Morgan fingerprint density at radius 3 is 2.62 bits per heavy atom. The third-order valence-corrected chi connectivity index (χ3v) is 2.36. The largest absolute Gasteiger partial charge is 0.342 e. The van der Waals surface area contributed by atoms with E-state index in [2.05, 4.69) is 5.32 Å². The molecule has 4 unspecified atom stereocenters. The van der Waals surface area contributed by atoms with Crippen LogP contribution >= 0.6 is 0 Å². The minimum absolute atomic E-state index is 0.0699. The fourth-order valence-corrected chi connectivity index (χ4v) is 1.58. The van der Waals surface area contributed by atoms with Gasteiger partial charge in [-0.2, -0.15) is 0 Å². The maximum atomic E-state index is 11.0. The second-order valence-electron chi connectivity index (χ2n) is 3.37. The van der Waals surface area contributed by atoms with Gasteiger partial charge in [-0.1, -0.05) is 0 Å². The van der Waals surface area contributed by atoms with Crippen molar-refractivity contribution in [2.45, 2.75) is 32.5 Å². The van der Waals surface area contributed by atoms with Crippen molar-refractivity contribution in [1.29, 1.82) is 0 Å². The van der Waals surface area contributed by atoms with Crippen molar-refractivity contribution in [3.05, 3.63) is 0 Å². The summed E-state index contributed by atoms with van der Waals surface area (Å²) >= 11 is 0. The van der Waals surface area contributed by atoms with Gasteiger partial charge in [0.05, 0.1) is 6.10 Å². The molecule has 5 nitrogen and oxygen atoms in total. The van der Waals surface area contributed by atoms with Gasteiger partial charge in [0.25, 0.3) is 0 Å². The Kier molecular flexibility index (Phi) is 1.85.